The Hall–Kier alpha value is -1.20. The van der Waals surface area contributed by atoms with Gasteiger partial charge in [-0.15, -0.1) is 11.8 Å². The number of halogens is 1. The van der Waals surface area contributed by atoms with Crippen LogP contribution >= 0.6 is 23.4 Å². The molecule has 0 bridgehead atoms. The second-order valence-corrected chi connectivity index (χ2v) is 6.14. The van der Waals surface area contributed by atoms with Crippen LogP contribution in [0, 0.1) is 0 Å². The summed E-state index contributed by atoms with van der Waals surface area (Å²) in [6.07, 6.45) is 2.10. The topological polar surface area (TPSA) is 58.2 Å². The van der Waals surface area contributed by atoms with Crippen molar-refractivity contribution in [3.8, 4) is 0 Å². The highest BCUT2D eigenvalue weighted by Crippen LogP contribution is 2.21. The Morgan fingerprint density at radius 1 is 1.14 bits per heavy atom. The fourth-order valence-corrected chi connectivity index (χ4v) is 2.53. The van der Waals surface area contributed by atoms with Crippen LogP contribution in [-0.4, -0.2) is 30.7 Å². The molecule has 0 aromatic heterocycles. The van der Waals surface area contributed by atoms with E-state index in [0.717, 1.165) is 28.5 Å². The minimum Gasteiger partial charge on any atom is -0.355 e. The van der Waals surface area contributed by atoms with Gasteiger partial charge < -0.3 is 10.6 Å². The largest absolute Gasteiger partial charge is 0.355 e. The average molecular weight is 329 g/mol. The molecular formula is C15H21ClN2O2S. The van der Waals surface area contributed by atoms with Gasteiger partial charge >= 0.3 is 0 Å². The van der Waals surface area contributed by atoms with Crippen LogP contribution in [-0.2, 0) is 9.59 Å². The second-order valence-electron chi connectivity index (χ2n) is 4.53. The zero-order valence-corrected chi connectivity index (χ0v) is 13.7. The van der Waals surface area contributed by atoms with Gasteiger partial charge in [-0.25, -0.2) is 0 Å². The van der Waals surface area contributed by atoms with Crippen molar-refractivity contribution in [1.82, 2.24) is 10.6 Å². The van der Waals surface area contributed by atoms with Gasteiger partial charge in [-0.2, -0.15) is 0 Å². The smallest absolute Gasteiger partial charge is 0.239 e. The number of nitrogens with one attached hydrogen (secondary N) is 2. The summed E-state index contributed by atoms with van der Waals surface area (Å²) in [7, 11) is 0. The predicted molar refractivity (Wildman–Crippen MR) is 87.7 cm³/mol. The normalized spacial score (nSPS) is 10.2. The van der Waals surface area contributed by atoms with Crippen molar-refractivity contribution in [3.63, 3.8) is 0 Å². The van der Waals surface area contributed by atoms with Gasteiger partial charge in [-0.1, -0.05) is 18.5 Å². The number of carbonyl (C=O) groups excluding carboxylic acids is 2. The molecule has 0 aliphatic heterocycles. The van der Waals surface area contributed by atoms with Crippen molar-refractivity contribution in [3.05, 3.63) is 29.3 Å². The molecule has 1 aromatic rings. The molecule has 6 heteroatoms. The van der Waals surface area contributed by atoms with Gasteiger partial charge in [0.1, 0.15) is 0 Å². The van der Waals surface area contributed by atoms with Gasteiger partial charge in [0.15, 0.2) is 0 Å². The first kappa shape index (κ1) is 17.9. The Balaban J connectivity index is 2.08. The zero-order valence-electron chi connectivity index (χ0n) is 12.2. The molecule has 0 atom stereocenters. The summed E-state index contributed by atoms with van der Waals surface area (Å²) >= 11 is 7.50. The summed E-state index contributed by atoms with van der Waals surface area (Å²) in [4.78, 5) is 24.0. The van der Waals surface area contributed by atoms with Crippen molar-refractivity contribution in [2.45, 2.75) is 31.1 Å². The number of amides is 2. The lowest BCUT2D eigenvalue weighted by Gasteiger charge is -2.06. The van der Waals surface area contributed by atoms with Crippen LogP contribution < -0.4 is 10.6 Å². The minimum absolute atomic E-state index is 0.0587. The van der Waals surface area contributed by atoms with Crippen LogP contribution in [0.3, 0.4) is 0 Å². The first-order chi connectivity index (χ1) is 10.1. The first-order valence-electron chi connectivity index (χ1n) is 7.03. The van der Waals surface area contributed by atoms with E-state index in [2.05, 4.69) is 10.6 Å². The van der Waals surface area contributed by atoms with Crippen LogP contribution in [0.2, 0.25) is 5.02 Å². The van der Waals surface area contributed by atoms with Crippen molar-refractivity contribution in [2.75, 3.05) is 18.8 Å². The van der Waals surface area contributed by atoms with E-state index in [0.29, 0.717) is 13.0 Å². The molecule has 0 heterocycles. The maximum absolute atomic E-state index is 11.6. The van der Waals surface area contributed by atoms with Gasteiger partial charge in [0.25, 0.3) is 0 Å². The SMILES string of the molecule is CCCNC(=O)CNC(=O)CCCSc1ccc(Cl)cc1. The Kier molecular flexibility index (Phi) is 8.94. The Morgan fingerprint density at radius 2 is 1.86 bits per heavy atom. The first-order valence-corrected chi connectivity index (χ1v) is 8.40. The van der Waals surface area contributed by atoms with Gasteiger partial charge in [-0.3, -0.25) is 9.59 Å². The maximum atomic E-state index is 11.6. The highest BCUT2D eigenvalue weighted by atomic mass is 35.5. The molecule has 0 fully saturated rings. The maximum Gasteiger partial charge on any atom is 0.239 e. The molecular weight excluding hydrogens is 308 g/mol. The molecule has 21 heavy (non-hydrogen) atoms. The van der Waals surface area contributed by atoms with Crippen molar-refractivity contribution in [1.29, 1.82) is 0 Å². The average Bonchev–Trinajstić information content (AvgIpc) is 2.49. The van der Waals surface area contributed by atoms with Crippen LogP contribution in [0.15, 0.2) is 29.2 Å². The van der Waals surface area contributed by atoms with Gasteiger partial charge in [0.2, 0.25) is 11.8 Å². The van der Waals surface area contributed by atoms with Crippen LogP contribution in [0.25, 0.3) is 0 Å². The Bertz CT molecular complexity index is 451. The molecule has 1 aromatic carbocycles. The molecule has 2 N–H and O–H groups in total. The van der Waals surface area contributed by atoms with Crippen molar-refractivity contribution < 1.29 is 9.59 Å². The molecule has 0 unspecified atom stereocenters. The monoisotopic (exact) mass is 328 g/mol. The van der Waals surface area contributed by atoms with Crippen molar-refractivity contribution in [2.24, 2.45) is 0 Å². The predicted octanol–water partition coefficient (Wildman–Crippen LogP) is 2.85. The summed E-state index contributed by atoms with van der Waals surface area (Å²) in [6.45, 7) is 2.69. The van der Waals surface area contributed by atoms with Crippen LogP contribution in [0.4, 0.5) is 0 Å². The van der Waals surface area contributed by atoms with E-state index in [1.807, 2.05) is 31.2 Å². The summed E-state index contributed by atoms with van der Waals surface area (Å²) < 4.78 is 0. The number of carbonyl (C=O) groups is 2. The lowest BCUT2D eigenvalue weighted by molar-refractivity contribution is -0.126. The Labute approximate surface area is 135 Å². The zero-order chi connectivity index (χ0) is 15.5. The number of benzene rings is 1. The molecule has 0 radical (unpaired) electrons. The highest BCUT2D eigenvalue weighted by molar-refractivity contribution is 7.99. The van der Waals surface area contributed by atoms with Gasteiger partial charge in [0.05, 0.1) is 6.54 Å². The lowest BCUT2D eigenvalue weighted by atomic mass is 10.3. The van der Waals surface area contributed by atoms with E-state index >= 15 is 0 Å². The van der Waals surface area contributed by atoms with Gasteiger partial charge in [-0.05, 0) is 42.9 Å². The minimum atomic E-state index is -0.138. The molecule has 0 saturated heterocycles. The third kappa shape index (κ3) is 8.63. The number of rotatable bonds is 9. The van der Waals surface area contributed by atoms with Crippen molar-refractivity contribution >= 4 is 35.2 Å². The summed E-state index contributed by atoms with van der Waals surface area (Å²) in [5, 5.41) is 6.05. The van der Waals surface area contributed by atoms with E-state index in [9.17, 15) is 9.59 Å². The Morgan fingerprint density at radius 3 is 2.52 bits per heavy atom. The molecule has 0 saturated carbocycles. The standard InChI is InChI=1S/C15H21ClN2O2S/c1-2-9-17-15(20)11-18-14(19)4-3-10-21-13-7-5-12(16)6-8-13/h5-8H,2-4,9-11H2,1H3,(H,17,20)(H,18,19). The molecule has 0 aliphatic rings. The van der Waals surface area contributed by atoms with Gasteiger partial charge in [0, 0.05) is 22.9 Å². The van der Waals surface area contributed by atoms with Crippen LogP contribution in [0.5, 0.6) is 0 Å². The van der Waals surface area contributed by atoms with E-state index in [1.54, 1.807) is 11.8 Å². The molecule has 0 aliphatic carbocycles. The molecule has 4 nitrogen and oxygen atoms in total. The van der Waals surface area contributed by atoms with E-state index in [1.165, 1.54) is 0 Å². The quantitative estimate of drug-likeness (QED) is 0.541. The number of thioether (sulfide) groups is 1. The third-order valence-corrected chi connectivity index (χ3v) is 4.00. The van der Waals surface area contributed by atoms with Crippen LogP contribution in [0.1, 0.15) is 26.2 Å². The van der Waals surface area contributed by atoms with E-state index in [4.69, 9.17) is 11.6 Å². The van der Waals surface area contributed by atoms with E-state index < -0.39 is 0 Å². The summed E-state index contributed by atoms with van der Waals surface area (Å²) in [6, 6.07) is 7.63. The summed E-state index contributed by atoms with van der Waals surface area (Å²) in [5.74, 6) is 0.635. The second kappa shape index (κ2) is 10.5. The molecule has 0 spiro atoms. The fourth-order valence-electron chi connectivity index (χ4n) is 1.55. The fraction of sp³-hybridized carbons (Fsp3) is 0.467. The summed E-state index contributed by atoms with van der Waals surface area (Å²) in [5.41, 5.74) is 0. The molecule has 2 amide bonds. The molecule has 1 rings (SSSR count). The molecule has 116 valence electrons. The highest BCUT2D eigenvalue weighted by Gasteiger charge is 2.04. The lowest BCUT2D eigenvalue weighted by Crippen LogP contribution is -2.37. The third-order valence-electron chi connectivity index (χ3n) is 2.65. The number of hydrogen-bond donors (Lipinski definition) is 2. The van der Waals surface area contributed by atoms with E-state index in [-0.39, 0.29) is 18.4 Å². The number of hydrogen-bond acceptors (Lipinski definition) is 3.